The van der Waals surface area contributed by atoms with Gasteiger partial charge in [0.1, 0.15) is 5.82 Å². The minimum atomic E-state index is -0.113. The molecule has 1 saturated carbocycles. The van der Waals surface area contributed by atoms with Crippen LogP contribution in [-0.2, 0) is 6.54 Å². The Kier molecular flexibility index (Phi) is 4.48. The van der Waals surface area contributed by atoms with Crippen LogP contribution in [0.3, 0.4) is 0 Å². The number of fused-ring (bicyclic) bond motifs is 1. The van der Waals surface area contributed by atoms with Gasteiger partial charge in [-0.2, -0.15) is 4.37 Å². The molecule has 1 aliphatic heterocycles. The zero-order valence-electron chi connectivity index (χ0n) is 15.5. The zero-order chi connectivity index (χ0) is 19.1. The van der Waals surface area contributed by atoms with Crippen LogP contribution in [0.25, 0.3) is 10.9 Å². The molecular formula is C19H22N6O2S. The van der Waals surface area contributed by atoms with Gasteiger partial charge in [-0.1, -0.05) is 0 Å². The van der Waals surface area contributed by atoms with Gasteiger partial charge in [-0.3, -0.25) is 9.36 Å². The third-order valence-corrected chi connectivity index (χ3v) is 6.23. The van der Waals surface area contributed by atoms with Gasteiger partial charge >= 0.3 is 0 Å². The maximum atomic E-state index is 12.4. The summed E-state index contributed by atoms with van der Waals surface area (Å²) in [7, 11) is 0. The van der Waals surface area contributed by atoms with Gasteiger partial charge in [0, 0.05) is 49.3 Å². The fraction of sp³-hybridized carbons (Fsp3) is 0.474. The number of nitrogens with zero attached hydrogens (tertiary/aromatic N) is 6. The monoisotopic (exact) mass is 398 g/mol. The molecule has 8 nitrogen and oxygen atoms in total. The van der Waals surface area contributed by atoms with Crippen molar-refractivity contribution >= 4 is 33.3 Å². The summed E-state index contributed by atoms with van der Waals surface area (Å²) >= 11 is 1.51. The van der Waals surface area contributed by atoms with Crippen molar-refractivity contribution in [3.63, 3.8) is 0 Å². The van der Waals surface area contributed by atoms with E-state index >= 15 is 0 Å². The van der Waals surface area contributed by atoms with Crippen molar-refractivity contribution < 1.29 is 5.11 Å². The first-order chi connectivity index (χ1) is 13.7. The number of aliphatic hydroxyl groups is 1. The Morgan fingerprint density at radius 3 is 2.68 bits per heavy atom. The SMILES string of the molecule is O=c1c2ccc(N3CCN(c4nc(C5CC5)ns4)CC3)cc2ncn1CCO. The lowest BCUT2D eigenvalue weighted by Gasteiger charge is -2.35. The first-order valence-electron chi connectivity index (χ1n) is 9.66. The molecule has 2 aliphatic rings. The van der Waals surface area contributed by atoms with Crippen LogP contribution in [0.4, 0.5) is 10.8 Å². The van der Waals surface area contributed by atoms with E-state index in [1.165, 1.54) is 35.3 Å². The molecule has 1 saturated heterocycles. The average Bonchev–Trinajstić information content (AvgIpc) is 3.47. The fourth-order valence-corrected chi connectivity index (χ4v) is 4.43. The van der Waals surface area contributed by atoms with Crippen LogP contribution in [0, 0.1) is 0 Å². The minimum absolute atomic E-state index is 0.0772. The van der Waals surface area contributed by atoms with E-state index in [1.807, 2.05) is 18.2 Å². The summed E-state index contributed by atoms with van der Waals surface area (Å²) < 4.78 is 5.96. The third kappa shape index (κ3) is 3.24. The van der Waals surface area contributed by atoms with Crippen molar-refractivity contribution in [3.8, 4) is 0 Å². The number of hydrogen-bond donors (Lipinski definition) is 1. The van der Waals surface area contributed by atoms with Gasteiger partial charge in [-0.05, 0) is 31.0 Å². The van der Waals surface area contributed by atoms with Crippen LogP contribution in [0.1, 0.15) is 24.6 Å². The highest BCUT2D eigenvalue weighted by atomic mass is 32.1. The molecule has 3 heterocycles. The van der Waals surface area contributed by atoms with Gasteiger partial charge in [-0.15, -0.1) is 0 Å². The highest BCUT2D eigenvalue weighted by Gasteiger charge is 2.29. The minimum Gasteiger partial charge on any atom is -0.395 e. The summed E-state index contributed by atoms with van der Waals surface area (Å²) in [6.45, 7) is 3.79. The van der Waals surface area contributed by atoms with Crippen molar-refractivity contribution in [2.75, 3.05) is 42.6 Å². The van der Waals surface area contributed by atoms with E-state index in [1.54, 1.807) is 0 Å². The summed E-state index contributed by atoms with van der Waals surface area (Å²) in [5, 5.41) is 10.7. The van der Waals surface area contributed by atoms with Crippen LogP contribution >= 0.6 is 11.5 Å². The first kappa shape index (κ1) is 17.6. The van der Waals surface area contributed by atoms with E-state index in [0.717, 1.165) is 42.8 Å². The normalized spacial score (nSPS) is 17.5. The maximum Gasteiger partial charge on any atom is 0.261 e. The first-order valence-corrected chi connectivity index (χ1v) is 10.4. The summed E-state index contributed by atoms with van der Waals surface area (Å²) in [5.74, 6) is 1.62. The van der Waals surface area contributed by atoms with Crippen molar-refractivity contribution in [2.24, 2.45) is 0 Å². The number of hydrogen-bond acceptors (Lipinski definition) is 8. The Balaban J connectivity index is 1.30. The highest BCUT2D eigenvalue weighted by molar-refractivity contribution is 7.09. The second kappa shape index (κ2) is 7.14. The molecule has 0 atom stereocenters. The van der Waals surface area contributed by atoms with Gasteiger partial charge in [0.2, 0.25) is 5.13 Å². The second-order valence-corrected chi connectivity index (χ2v) is 8.08. The molecule has 1 aromatic carbocycles. The lowest BCUT2D eigenvalue weighted by atomic mass is 10.2. The van der Waals surface area contributed by atoms with Gasteiger partial charge in [0.15, 0.2) is 0 Å². The molecule has 2 fully saturated rings. The quantitative estimate of drug-likeness (QED) is 0.696. The van der Waals surface area contributed by atoms with Crippen LogP contribution in [0.15, 0.2) is 29.3 Å². The Labute approximate surface area is 166 Å². The molecule has 28 heavy (non-hydrogen) atoms. The standard InChI is InChI=1S/C19H22N6O2S/c26-10-9-25-12-20-16-11-14(3-4-15(16)18(25)27)23-5-7-24(8-6-23)19-21-17(22-28-19)13-1-2-13/h3-4,11-13,26H,1-2,5-10H2. The van der Waals surface area contributed by atoms with Crippen molar-refractivity contribution in [2.45, 2.75) is 25.3 Å². The van der Waals surface area contributed by atoms with Crippen LogP contribution in [0.2, 0.25) is 0 Å². The molecule has 5 rings (SSSR count). The van der Waals surface area contributed by atoms with Crippen LogP contribution < -0.4 is 15.4 Å². The molecule has 2 aromatic heterocycles. The van der Waals surface area contributed by atoms with E-state index in [2.05, 4.69) is 19.2 Å². The van der Waals surface area contributed by atoms with Crippen LogP contribution in [0.5, 0.6) is 0 Å². The molecular weight excluding hydrogens is 376 g/mol. The Morgan fingerprint density at radius 2 is 1.93 bits per heavy atom. The van der Waals surface area contributed by atoms with Crippen molar-refractivity contribution in [1.82, 2.24) is 18.9 Å². The Morgan fingerprint density at radius 1 is 1.14 bits per heavy atom. The smallest absolute Gasteiger partial charge is 0.261 e. The Bertz CT molecular complexity index is 1050. The number of aliphatic hydroxyl groups excluding tert-OH is 1. The van der Waals surface area contributed by atoms with E-state index in [-0.39, 0.29) is 18.7 Å². The zero-order valence-corrected chi connectivity index (χ0v) is 16.3. The number of piperazine rings is 1. The summed E-state index contributed by atoms with van der Waals surface area (Å²) in [6, 6.07) is 5.80. The molecule has 1 aliphatic carbocycles. The topological polar surface area (TPSA) is 87.4 Å². The molecule has 0 unspecified atom stereocenters. The van der Waals surface area contributed by atoms with Gasteiger partial charge in [-0.25, -0.2) is 9.97 Å². The van der Waals surface area contributed by atoms with Crippen molar-refractivity contribution in [1.29, 1.82) is 0 Å². The van der Waals surface area contributed by atoms with Gasteiger partial charge in [0.25, 0.3) is 5.56 Å². The maximum absolute atomic E-state index is 12.4. The van der Waals surface area contributed by atoms with Crippen LogP contribution in [-0.4, -0.2) is 56.8 Å². The third-order valence-electron chi connectivity index (χ3n) is 5.44. The number of aromatic nitrogens is 4. The molecule has 0 radical (unpaired) electrons. The highest BCUT2D eigenvalue weighted by Crippen LogP contribution is 2.39. The predicted octanol–water partition coefficient (Wildman–Crippen LogP) is 1.44. The van der Waals surface area contributed by atoms with Crippen molar-refractivity contribution in [3.05, 3.63) is 40.7 Å². The molecule has 0 amide bonds. The predicted molar refractivity (Wildman–Crippen MR) is 109 cm³/mol. The number of anilines is 2. The van der Waals surface area contributed by atoms with E-state index in [0.29, 0.717) is 16.8 Å². The molecule has 0 spiro atoms. The summed E-state index contributed by atoms with van der Waals surface area (Å²) in [6.07, 6.45) is 3.96. The number of rotatable bonds is 5. The van der Waals surface area contributed by atoms with Gasteiger partial charge < -0.3 is 14.9 Å². The summed E-state index contributed by atoms with van der Waals surface area (Å²) in [4.78, 5) is 26.2. The Hall–Kier alpha value is -2.52. The molecule has 146 valence electrons. The van der Waals surface area contributed by atoms with E-state index in [4.69, 9.17) is 10.1 Å². The fourth-order valence-electron chi connectivity index (χ4n) is 3.63. The molecule has 9 heteroatoms. The van der Waals surface area contributed by atoms with Gasteiger partial charge in [0.05, 0.1) is 30.4 Å². The molecule has 1 N–H and O–H groups in total. The lowest BCUT2D eigenvalue weighted by molar-refractivity contribution is 0.274. The average molecular weight is 398 g/mol. The van der Waals surface area contributed by atoms with E-state index < -0.39 is 0 Å². The number of benzene rings is 1. The second-order valence-electron chi connectivity index (χ2n) is 7.35. The largest absolute Gasteiger partial charge is 0.395 e. The lowest BCUT2D eigenvalue weighted by Crippen LogP contribution is -2.46. The van der Waals surface area contributed by atoms with E-state index in [9.17, 15) is 4.79 Å². The molecule has 3 aromatic rings. The molecule has 0 bridgehead atoms. The summed E-state index contributed by atoms with van der Waals surface area (Å²) in [5.41, 5.74) is 1.66.